The van der Waals surface area contributed by atoms with Gasteiger partial charge in [0.25, 0.3) is 5.91 Å². The van der Waals surface area contributed by atoms with Crippen molar-refractivity contribution < 1.29 is 14.7 Å². The van der Waals surface area contributed by atoms with E-state index in [1.165, 1.54) is 5.38 Å². The molecule has 0 aliphatic carbocycles. The lowest BCUT2D eigenvalue weighted by Crippen LogP contribution is -2.36. The van der Waals surface area contributed by atoms with E-state index in [4.69, 9.17) is 5.11 Å². The van der Waals surface area contributed by atoms with Crippen LogP contribution in [0.1, 0.15) is 41.1 Å². The van der Waals surface area contributed by atoms with E-state index in [9.17, 15) is 9.59 Å². The van der Waals surface area contributed by atoms with Crippen LogP contribution in [0.4, 0.5) is 0 Å². The Balaban J connectivity index is 2.91. The molecule has 0 aromatic carbocycles. The first-order valence-corrected chi connectivity index (χ1v) is 5.85. The highest BCUT2D eigenvalue weighted by molar-refractivity contribution is 7.11. The van der Waals surface area contributed by atoms with Crippen molar-refractivity contribution in [2.75, 3.05) is 6.54 Å². The first kappa shape index (κ1) is 12.6. The van der Waals surface area contributed by atoms with Crippen LogP contribution in [0.25, 0.3) is 0 Å². The lowest BCUT2D eigenvalue weighted by Gasteiger charge is -2.23. The van der Waals surface area contributed by atoms with Gasteiger partial charge in [-0.15, -0.1) is 11.3 Å². The molecular formula is C10H14N2O3S. The molecule has 1 amide bonds. The summed E-state index contributed by atoms with van der Waals surface area (Å²) in [6.45, 7) is 6.28. The summed E-state index contributed by atoms with van der Waals surface area (Å²) in [5, 5.41) is 10.3. The molecule has 0 fully saturated rings. The number of aromatic carboxylic acids is 1. The number of carbonyl (C=O) groups excluding carboxylic acids is 1. The van der Waals surface area contributed by atoms with E-state index in [0.717, 1.165) is 11.3 Å². The third-order valence-corrected chi connectivity index (χ3v) is 2.96. The third-order valence-electron chi connectivity index (χ3n) is 2.13. The van der Waals surface area contributed by atoms with Gasteiger partial charge in [-0.1, -0.05) is 0 Å². The number of carboxylic acid groups (broad SMARTS) is 1. The molecule has 0 aliphatic heterocycles. The van der Waals surface area contributed by atoms with Gasteiger partial charge in [0.2, 0.25) is 0 Å². The van der Waals surface area contributed by atoms with Crippen molar-refractivity contribution in [3.05, 3.63) is 16.1 Å². The van der Waals surface area contributed by atoms with E-state index in [2.05, 4.69) is 4.98 Å². The van der Waals surface area contributed by atoms with Crippen molar-refractivity contribution in [3.8, 4) is 0 Å². The highest BCUT2D eigenvalue weighted by atomic mass is 32.1. The Kier molecular flexibility index (Phi) is 4.00. The Hall–Kier alpha value is -1.43. The predicted octanol–water partition coefficient (Wildman–Crippen LogP) is 1.71. The normalized spacial score (nSPS) is 10.5. The molecule has 0 unspecified atom stereocenters. The second kappa shape index (κ2) is 5.07. The Labute approximate surface area is 97.7 Å². The fourth-order valence-electron chi connectivity index (χ4n) is 1.34. The molecular weight excluding hydrogens is 228 g/mol. The van der Waals surface area contributed by atoms with Crippen molar-refractivity contribution in [3.63, 3.8) is 0 Å². The van der Waals surface area contributed by atoms with E-state index in [0.29, 0.717) is 6.54 Å². The van der Waals surface area contributed by atoms with Crippen molar-refractivity contribution >= 4 is 23.2 Å². The molecule has 5 nitrogen and oxygen atoms in total. The molecule has 1 rings (SSSR count). The van der Waals surface area contributed by atoms with Crippen LogP contribution in [-0.2, 0) is 0 Å². The van der Waals surface area contributed by atoms with Gasteiger partial charge in [0.1, 0.15) is 0 Å². The van der Waals surface area contributed by atoms with E-state index in [1.807, 2.05) is 20.8 Å². The second-order valence-corrected chi connectivity index (χ2v) is 4.39. The van der Waals surface area contributed by atoms with E-state index in [-0.39, 0.29) is 22.7 Å². The molecule has 88 valence electrons. The van der Waals surface area contributed by atoms with Crippen LogP contribution in [-0.4, -0.2) is 39.5 Å². The monoisotopic (exact) mass is 242 g/mol. The summed E-state index contributed by atoms with van der Waals surface area (Å²) >= 11 is 1.06. The minimum Gasteiger partial charge on any atom is -0.476 e. The fourth-order valence-corrected chi connectivity index (χ4v) is 2.08. The summed E-state index contributed by atoms with van der Waals surface area (Å²) < 4.78 is 0. The maximum Gasteiger partial charge on any atom is 0.355 e. The molecule has 1 heterocycles. The van der Waals surface area contributed by atoms with Gasteiger partial charge in [-0.25, -0.2) is 9.78 Å². The lowest BCUT2D eigenvalue weighted by atomic mass is 10.3. The molecule has 1 aromatic rings. The van der Waals surface area contributed by atoms with Crippen molar-refractivity contribution in [1.82, 2.24) is 9.88 Å². The van der Waals surface area contributed by atoms with E-state index >= 15 is 0 Å². The number of carboxylic acids is 1. The molecule has 0 radical (unpaired) electrons. The van der Waals surface area contributed by atoms with Gasteiger partial charge in [-0.3, -0.25) is 4.79 Å². The number of rotatable bonds is 4. The summed E-state index contributed by atoms with van der Waals surface area (Å²) in [5.74, 6) is -1.32. The zero-order chi connectivity index (χ0) is 12.3. The van der Waals surface area contributed by atoms with E-state index < -0.39 is 5.97 Å². The van der Waals surface area contributed by atoms with Gasteiger partial charge in [0.05, 0.1) is 0 Å². The molecule has 0 saturated heterocycles. The predicted molar refractivity (Wildman–Crippen MR) is 60.9 cm³/mol. The largest absolute Gasteiger partial charge is 0.476 e. The van der Waals surface area contributed by atoms with Gasteiger partial charge in [-0.2, -0.15) is 0 Å². The number of thiazole rings is 1. The minimum absolute atomic E-state index is 0.0758. The topological polar surface area (TPSA) is 70.5 Å². The Morgan fingerprint density at radius 1 is 1.56 bits per heavy atom. The second-order valence-electron chi connectivity index (χ2n) is 3.53. The number of aromatic nitrogens is 1. The van der Waals surface area contributed by atoms with E-state index in [1.54, 1.807) is 4.90 Å². The Morgan fingerprint density at radius 3 is 2.56 bits per heavy atom. The minimum atomic E-state index is -1.11. The zero-order valence-corrected chi connectivity index (χ0v) is 10.2. The molecule has 1 N–H and O–H groups in total. The number of nitrogens with zero attached hydrogens (tertiary/aromatic N) is 2. The fraction of sp³-hybridized carbons (Fsp3) is 0.500. The highest BCUT2D eigenvalue weighted by Gasteiger charge is 2.21. The van der Waals surface area contributed by atoms with Crippen molar-refractivity contribution in [2.45, 2.75) is 26.8 Å². The molecule has 6 heteroatoms. The summed E-state index contributed by atoms with van der Waals surface area (Å²) in [5.41, 5.74) is -0.0758. The van der Waals surface area contributed by atoms with Gasteiger partial charge in [0.15, 0.2) is 10.7 Å². The lowest BCUT2D eigenvalue weighted by molar-refractivity contribution is 0.0691. The molecule has 0 aliphatic rings. The van der Waals surface area contributed by atoms with Crippen molar-refractivity contribution in [1.29, 1.82) is 0 Å². The molecule has 0 spiro atoms. The maximum atomic E-state index is 11.9. The molecule has 0 bridgehead atoms. The van der Waals surface area contributed by atoms with Crippen LogP contribution >= 0.6 is 11.3 Å². The van der Waals surface area contributed by atoms with Gasteiger partial charge < -0.3 is 10.0 Å². The SMILES string of the molecule is CCN(C(=O)c1nc(C(=O)O)cs1)C(C)C. The standard InChI is InChI=1S/C10H14N2O3S/c1-4-12(6(2)3)9(13)8-11-7(5-16-8)10(14)15/h5-6H,4H2,1-3H3,(H,14,15). The zero-order valence-electron chi connectivity index (χ0n) is 9.43. The molecule has 0 atom stereocenters. The first-order chi connectivity index (χ1) is 7.47. The van der Waals surface area contributed by atoms with Crippen LogP contribution < -0.4 is 0 Å². The number of carbonyl (C=O) groups is 2. The average Bonchev–Trinajstić information content (AvgIpc) is 2.66. The van der Waals surface area contributed by atoms with Crippen LogP contribution in [0.2, 0.25) is 0 Å². The summed E-state index contributed by atoms with van der Waals surface area (Å²) in [4.78, 5) is 28.0. The van der Waals surface area contributed by atoms with Crippen LogP contribution in [0.5, 0.6) is 0 Å². The van der Waals surface area contributed by atoms with Gasteiger partial charge in [0, 0.05) is 18.0 Å². The Morgan fingerprint density at radius 2 is 2.19 bits per heavy atom. The van der Waals surface area contributed by atoms with Crippen molar-refractivity contribution in [2.24, 2.45) is 0 Å². The average molecular weight is 242 g/mol. The number of hydrogen-bond donors (Lipinski definition) is 1. The third kappa shape index (κ3) is 2.57. The van der Waals surface area contributed by atoms with Crippen LogP contribution in [0, 0.1) is 0 Å². The number of hydrogen-bond acceptors (Lipinski definition) is 4. The quantitative estimate of drug-likeness (QED) is 0.872. The van der Waals surface area contributed by atoms with Gasteiger partial charge in [-0.05, 0) is 20.8 Å². The molecule has 16 heavy (non-hydrogen) atoms. The highest BCUT2D eigenvalue weighted by Crippen LogP contribution is 2.14. The smallest absolute Gasteiger partial charge is 0.355 e. The van der Waals surface area contributed by atoms with Gasteiger partial charge >= 0.3 is 5.97 Å². The molecule has 1 aromatic heterocycles. The molecule has 0 saturated carbocycles. The summed E-state index contributed by atoms with van der Waals surface area (Å²) in [7, 11) is 0. The van der Waals surface area contributed by atoms with Crippen LogP contribution in [0.15, 0.2) is 5.38 Å². The number of amides is 1. The maximum absolute atomic E-state index is 11.9. The summed E-state index contributed by atoms with van der Waals surface area (Å²) in [6.07, 6.45) is 0. The Bertz CT molecular complexity index is 401. The summed E-state index contributed by atoms with van der Waals surface area (Å²) in [6, 6.07) is 0.0784. The first-order valence-electron chi connectivity index (χ1n) is 4.97. The van der Waals surface area contributed by atoms with Crippen LogP contribution in [0.3, 0.4) is 0 Å².